The zero-order chi connectivity index (χ0) is 12.4. The third-order valence-electron chi connectivity index (χ3n) is 3.44. The van der Waals surface area contributed by atoms with E-state index in [0.29, 0.717) is 10.6 Å². The van der Waals surface area contributed by atoms with Crippen molar-refractivity contribution in [2.24, 2.45) is 0 Å². The fourth-order valence-corrected chi connectivity index (χ4v) is 2.62. The number of rotatable bonds is 2. The van der Waals surface area contributed by atoms with Crippen LogP contribution in [0.2, 0.25) is 5.02 Å². The van der Waals surface area contributed by atoms with Crippen molar-refractivity contribution in [2.45, 2.75) is 19.9 Å². The molecule has 1 heterocycles. The fourth-order valence-electron chi connectivity index (χ4n) is 2.31. The molecule has 0 saturated carbocycles. The van der Waals surface area contributed by atoms with Crippen LogP contribution >= 0.6 is 36.4 Å². The number of benzene rings is 1. The van der Waals surface area contributed by atoms with E-state index < -0.39 is 0 Å². The van der Waals surface area contributed by atoms with Crippen LogP contribution in [0.15, 0.2) is 12.1 Å². The summed E-state index contributed by atoms with van der Waals surface area (Å²) in [5, 5.41) is 3.86. The molecule has 110 valence electrons. The minimum Gasteiger partial charge on any atom is -0.314 e. The molecule has 0 amide bonds. The Hall–Kier alpha value is -0.0600. The summed E-state index contributed by atoms with van der Waals surface area (Å²) in [5.74, 6) is -0.202. The molecule has 2 rings (SSSR count). The second-order valence-electron chi connectivity index (χ2n) is 4.55. The zero-order valence-corrected chi connectivity index (χ0v) is 13.5. The van der Waals surface area contributed by atoms with E-state index in [2.05, 4.69) is 10.2 Å². The standard InChI is InChI=1S/C13H18ClFN2.2ClH/c1-9-3-4-11(15)12(13(9)14)10(2)17-7-5-16-6-8-17;;/h3-4,10,16H,5-8H2,1-2H3;2*1H/t10-;;/m0../s1. The molecule has 1 fully saturated rings. The van der Waals surface area contributed by atoms with E-state index in [9.17, 15) is 4.39 Å². The van der Waals surface area contributed by atoms with Gasteiger partial charge in [0.1, 0.15) is 5.82 Å². The Bertz CT molecular complexity index is 409. The van der Waals surface area contributed by atoms with E-state index in [-0.39, 0.29) is 36.7 Å². The number of halogens is 4. The SMILES string of the molecule is Cc1ccc(F)c([C@H](C)N2CCNCC2)c1Cl.Cl.Cl. The molecule has 1 N–H and O–H groups in total. The largest absolute Gasteiger partial charge is 0.314 e. The molecule has 1 atom stereocenters. The van der Waals surface area contributed by atoms with Crippen LogP contribution in [0.25, 0.3) is 0 Å². The third kappa shape index (κ3) is 4.20. The maximum Gasteiger partial charge on any atom is 0.129 e. The van der Waals surface area contributed by atoms with Gasteiger partial charge in [-0.05, 0) is 25.5 Å². The van der Waals surface area contributed by atoms with Crippen LogP contribution in [0, 0.1) is 12.7 Å². The van der Waals surface area contributed by atoms with Gasteiger partial charge in [0.15, 0.2) is 0 Å². The highest BCUT2D eigenvalue weighted by molar-refractivity contribution is 6.32. The monoisotopic (exact) mass is 328 g/mol. The summed E-state index contributed by atoms with van der Waals surface area (Å²) in [4.78, 5) is 2.26. The van der Waals surface area contributed by atoms with Crippen molar-refractivity contribution in [3.63, 3.8) is 0 Å². The Labute approximate surface area is 131 Å². The molecule has 1 aliphatic heterocycles. The van der Waals surface area contributed by atoms with Gasteiger partial charge in [-0.15, -0.1) is 24.8 Å². The highest BCUT2D eigenvalue weighted by atomic mass is 35.5. The number of nitrogens with zero attached hydrogens (tertiary/aromatic N) is 1. The van der Waals surface area contributed by atoms with E-state index in [0.717, 1.165) is 31.7 Å². The molecule has 1 aromatic rings. The number of hydrogen-bond acceptors (Lipinski definition) is 2. The molecule has 1 aliphatic rings. The number of piperazine rings is 1. The smallest absolute Gasteiger partial charge is 0.129 e. The van der Waals surface area contributed by atoms with Gasteiger partial charge in [-0.25, -0.2) is 4.39 Å². The van der Waals surface area contributed by atoms with Gasteiger partial charge in [-0.1, -0.05) is 17.7 Å². The number of aryl methyl sites for hydroxylation is 1. The quantitative estimate of drug-likeness (QED) is 0.892. The molecule has 1 saturated heterocycles. The molecule has 0 unspecified atom stereocenters. The molecule has 0 radical (unpaired) electrons. The predicted molar refractivity (Wildman–Crippen MR) is 83.5 cm³/mol. The lowest BCUT2D eigenvalue weighted by atomic mass is 10.0. The average Bonchev–Trinajstić information content (AvgIpc) is 2.35. The van der Waals surface area contributed by atoms with Gasteiger partial charge in [-0.3, -0.25) is 4.90 Å². The lowest BCUT2D eigenvalue weighted by molar-refractivity contribution is 0.182. The van der Waals surface area contributed by atoms with Crippen LogP contribution in [0.5, 0.6) is 0 Å². The summed E-state index contributed by atoms with van der Waals surface area (Å²) in [7, 11) is 0. The van der Waals surface area contributed by atoms with Gasteiger partial charge in [0.25, 0.3) is 0 Å². The highest BCUT2D eigenvalue weighted by Gasteiger charge is 2.23. The van der Waals surface area contributed by atoms with Crippen LogP contribution in [0.1, 0.15) is 24.1 Å². The van der Waals surface area contributed by atoms with Crippen molar-refractivity contribution >= 4 is 36.4 Å². The predicted octanol–water partition coefficient (Wildman–Crippen LogP) is 3.60. The van der Waals surface area contributed by atoms with E-state index >= 15 is 0 Å². The first-order valence-corrected chi connectivity index (χ1v) is 6.38. The van der Waals surface area contributed by atoms with Crippen molar-refractivity contribution in [2.75, 3.05) is 26.2 Å². The first-order valence-electron chi connectivity index (χ1n) is 6.00. The summed E-state index contributed by atoms with van der Waals surface area (Å²) in [6, 6.07) is 3.27. The normalized spacial score (nSPS) is 17.3. The minimum atomic E-state index is -0.202. The van der Waals surface area contributed by atoms with Crippen molar-refractivity contribution in [1.82, 2.24) is 10.2 Å². The summed E-state index contributed by atoms with van der Waals surface area (Å²) in [6.07, 6.45) is 0. The molecule has 0 aliphatic carbocycles. The summed E-state index contributed by atoms with van der Waals surface area (Å²) in [5.41, 5.74) is 1.57. The lowest BCUT2D eigenvalue weighted by Gasteiger charge is -2.33. The van der Waals surface area contributed by atoms with E-state index in [4.69, 9.17) is 11.6 Å². The Kier molecular flexibility index (Phi) is 8.25. The molecule has 0 aromatic heterocycles. The molecule has 19 heavy (non-hydrogen) atoms. The Morgan fingerprint density at radius 3 is 2.42 bits per heavy atom. The Balaban J connectivity index is 0.00000162. The Morgan fingerprint density at radius 2 is 1.84 bits per heavy atom. The summed E-state index contributed by atoms with van der Waals surface area (Å²) >= 11 is 6.23. The molecule has 1 aromatic carbocycles. The van der Waals surface area contributed by atoms with Gasteiger partial charge >= 0.3 is 0 Å². The van der Waals surface area contributed by atoms with Gasteiger partial charge in [-0.2, -0.15) is 0 Å². The molecule has 6 heteroatoms. The maximum absolute atomic E-state index is 13.9. The number of hydrogen-bond donors (Lipinski definition) is 1. The first-order chi connectivity index (χ1) is 8.11. The van der Waals surface area contributed by atoms with Crippen LogP contribution < -0.4 is 5.32 Å². The first kappa shape index (κ1) is 18.9. The van der Waals surface area contributed by atoms with Gasteiger partial charge in [0.05, 0.1) is 5.02 Å². The molecular weight excluding hydrogens is 310 g/mol. The van der Waals surface area contributed by atoms with Crippen LogP contribution in [-0.4, -0.2) is 31.1 Å². The second kappa shape index (κ2) is 8.28. The summed E-state index contributed by atoms with van der Waals surface area (Å²) in [6.45, 7) is 7.71. The molecule has 0 bridgehead atoms. The van der Waals surface area contributed by atoms with Gasteiger partial charge in [0, 0.05) is 37.8 Å². The van der Waals surface area contributed by atoms with E-state index in [1.807, 2.05) is 13.8 Å². The van der Waals surface area contributed by atoms with E-state index in [1.165, 1.54) is 6.07 Å². The maximum atomic E-state index is 13.9. The fraction of sp³-hybridized carbons (Fsp3) is 0.538. The molecule has 2 nitrogen and oxygen atoms in total. The average molecular weight is 330 g/mol. The Morgan fingerprint density at radius 1 is 1.26 bits per heavy atom. The van der Waals surface area contributed by atoms with Crippen molar-refractivity contribution in [3.05, 3.63) is 34.1 Å². The zero-order valence-electron chi connectivity index (χ0n) is 11.1. The van der Waals surface area contributed by atoms with Crippen molar-refractivity contribution in [1.29, 1.82) is 0 Å². The molecule has 0 spiro atoms. The van der Waals surface area contributed by atoms with Crippen LogP contribution in [0.4, 0.5) is 4.39 Å². The highest BCUT2D eigenvalue weighted by Crippen LogP contribution is 2.32. The topological polar surface area (TPSA) is 15.3 Å². The number of nitrogens with one attached hydrogen (secondary N) is 1. The van der Waals surface area contributed by atoms with Crippen LogP contribution in [0.3, 0.4) is 0 Å². The summed E-state index contributed by atoms with van der Waals surface area (Å²) < 4.78 is 13.9. The van der Waals surface area contributed by atoms with Crippen molar-refractivity contribution in [3.8, 4) is 0 Å². The minimum absolute atomic E-state index is 0. The van der Waals surface area contributed by atoms with Gasteiger partial charge in [0.2, 0.25) is 0 Å². The third-order valence-corrected chi connectivity index (χ3v) is 3.94. The van der Waals surface area contributed by atoms with Crippen molar-refractivity contribution < 1.29 is 4.39 Å². The van der Waals surface area contributed by atoms with Crippen LogP contribution in [-0.2, 0) is 0 Å². The van der Waals surface area contributed by atoms with Gasteiger partial charge < -0.3 is 5.32 Å². The lowest BCUT2D eigenvalue weighted by Crippen LogP contribution is -2.44. The van der Waals surface area contributed by atoms with E-state index in [1.54, 1.807) is 6.07 Å². The second-order valence-corrected chi connectivity index (χ2v) is 4.93. The molecular formula is C13H20Cl3FN2.